The van der Waals surface area contributed by atoms with Crippen LogP contribution in [0.15, 0.2) is 82.7 Å². The average molecular weight is 680 g/mol. The first kappa shape index (κ1) is 37.5. The molecular formula is C35H45N5O7S. The van der Waals surface area contributed by atoms with Gasteiger partial charge in [-0.1, -0.05) is 71.8 Å². The lowest BCUT2D eigenvalue weighted by molar-refractivity contribution is -0.147. The second-order valence-corrected chi connectivity index (χ2v) is 14.1. The van der Waals surface area contributed by atoms with Crippen LogP contribution in [0.25, 0.3) is 0 Å². The number of ether oxygens (including phenoxy) is 2. The van der Waals surface area contributed by atoms with Crippen molar-refractivity contribution in [2.24, 2.45) is 10.7 Å². The van der Waals surface area contributed by atoms with Crippen molar-refractivity contribution in [2.45, 2.75) is 83.6 Å². The summed E-state index contributed by atoms with van der Waals surface area (Å²) < 4.78 is 38.1. The maximum absolute atomic E-state index is 13.0. The number of hydrogen-bond donors (Lipinski definition) is 4. The fourth-order valence-corrected chi connectivity index (χ4v) is 5.25. The number of guanidine groups is 1. The first-order valence-corrected chi connectivity index (χ1v) is 17.0. The highest BCUT2D eigenvalue weighted by Gasteiger charge is 2.25. The number of nitrogens with one attached hydrogen (secondary N) is 3. The van der Waals surface area contributed by atoms with E-state index >= 15 is 0 Å². The molecule has 3 aromatic carbocycles. The van der Waals surface area contributed by atoms with E-state index in [9.17, 15) is 22.8 Å². The van der Waals surface area contributed by atoms with E-state index in [-0.39, 0.29) is 49.2 Å². The van der Waals surface area contributed by atoms with Gasteiger partial charge >= 0.3 is 12.1 Å². The number of aryl methyl sites for hydroxylation is 2. The number of sulfonamides is 1. The molecular weight excluding hydrogens is 634 g/mol. The first-order chi connectivity index (χ1) is 22.6. The maximum Gasteiger partial charge on any atom is 0.408 e. The normalized spacial score (nSPS) is 12.5. The molecule has 0 saturated heterocycles. The molecule has 0 aliphatic rings. The van der Waals surface area contributed by atoms with Crippen LogP contribution in [-0.4, -0.2) is 50.5 Å². The van der Waals surface area contributed by atoms with Crippen molar-refractivity contribution in [3.05, 3.63) is 101 Å². The molecule has 3 rings (SSSR count). The molecule has 0 aliphatic heterocycles. The van der Waals surface area contributed by atoms with Crippen LogP contribution in [0, 0.1) is 13.8 Å². The van der Waals surface area contributed by atoms with Crippen molar-refractivity contribution in [1.82, 2.24) is 15.4 Å². The number of nitrogens with zero attached hydrogens (tertiary/aromatic N) is 1. The zero-order chi connectivity index (χ0) is 35.3. The second kappa shape index (κ2) is 17.3. The van der Waals surface area contributed by atoms with E-state index in [4.69, 9.17) is 15.2 Å². The number of benzene rings is 3. The van der Waals surface area contributed by atoms with Crippen LogP contribution >= 0.6 is 0 Å². The molecule has 0 bridgehead atoms. The van der Waals surface area contributed by atoms with Crippen molar-refractivity contribution in [1.29, 1.82) is 0 Å². The summed E-state index contributed by atoms with van der Waals surface area (Å²) in [4.78, 5) is 42.0. The summed E-state index contributed by atoms with van der Waals surface area (Å²) in [5.41, 5.74) is 9.60. The molecule has 0 spiro atoms. The average Bonchev–Trinajstić information content (AvgIpc) is 3.01. The van der Waals surface area contributed by atoms with Gasteiger partial charge in [0, 0.05) is 13.1 Å². The van der Waals surface area contributed by atoms with E-state index in [0.29, 0.717) is 12.1 Å². The van der Waals surface area contributed by atoms with Crippen molar-refractivity contribution in [3.8, 4) is 0 Å². The molecule has 0 aliphatic carbocycles. The summed E-state index contributed by atoms with van der Waals surface area (Å²) >= 11 is 0. The Morgan fingerprint density at radius 2 is 1.42 bits per heavy atom. The highest BCUT2D eigenvalue weighted by Crippen LogP contribution is 2.12. The van der Waals surface area contributed by atoms with E-state index in [1.165, 1.54) is 12.1 Å². The topological polar surface area (TPSA) is 178 Å². The quantitative estimate of drug-likeness (QED) is 0.0849. The Balaban J connectivity index is 1.52. The lowest BCUT2D eigenvalue weighted by Crippen LogP contribution is -2.44. The van der Waals surface area contributed by atoms with Gasteiger partial charge in [0.05, 0.1) is 11.3 Å². The van der Waals surface area contributed by atoms with Gasteiger partial charge in [0.2, 0.25) is 11.9 Å². The third kappa shape index (κ3) is 13.4. The van der Waals surface area contributed by atoms with Gasteiger partial charge in [-0.3, -0.25) is 9.79 Å². The molecule has 2 amide bonds. The fraction of sp³-hybridized carbons (Fsp3) is 0.371. The minimum absolute atomic E-state index is 0.0460. The standard InChI is InChI=1S/C35H45N5O7S/c1-24-8-12-27(13-9-24)22-38-31(41)21-26-14-16-28(17-15-26)23-46-32(42)30(39-34(43)47-35(3,4)5)7-6-20-37-33(36)40-48(44,45)29-18-10-25(2)11-19-29/h8-19,30H,6-7,20-23H2,1-5H3,(H,38,41)(H,39,43)(H3,36,37,40)/t30-/m1/s1. The number of alkyl carbamates (subject to hydrolysis) is 1. The predicted molar refractivity (Wildman–Crippen MR) is 183 cm³/mol. The number of esters is 1. The molecule has 3 aromatic rings. The second-order valence-electron chi connectivity index (χ2n) is 12.4. The lowest BCUT2D eigenvalue weighted by Gasteiger charge is -2.23. The number of nitrogens with two attached hydrogens (primary N) is 1. The Kier molecular flexibility index (Phi) is 13.5. The molecule has 0 saturated carbocycles. The largest absolute Gasteiger partial charge is 0.459 e. The smallest absolute Gasteiger partial charge is 0.408 e. The minimum Gasteiger partial charge on any atom is -0.459 e. The summed E-state index contributed by atoms with van der Waals surface area (Å²) in [7, 11) is -3.91. The number of amides is 2. The lowest BCUT2D eigenvalue weighted by atomic mass is 10.1. The van der Waals surface area contributed by atoms with Crippen molar-refractivity contribution >= 4 is 34.0 Å². The molecule has 0 fully saturated rings. The molecule has 13 heteroatoms. The predicted octanol–water partition coefficient (Wildman–Crippen LogP) is 4.17. The monoisotopic (exact) mass is 679 g/mol. The van der Waals surface area contributed by atoms with Crippen LogP contribution in [0.1, 0.15) is 61.4 Å². The minimum atomic E-state index is -3.91. The molecule has 12 nitrogen and oxygen atoms in total. The van der Waals surface area contributed by atoms with Crippen LogP contribution in [0.3, 0.4) is 0 Å². The van der Waals surface area contributed by atoms with E-state index < -0.39 is 33.7 Å². The summed E-state index contributed by atoms with van der Waals surface area (Å²) in [6, 6.07) is 20.3. The highest BCUT2D eigenvalue weighted by molar-refractivity contribution is 7.90. The molecule has 0 unspecified atom stereocenters. The number of carbonyl (C=O) groups is 3. The van der Waals surface area contributed by atoms with Crippen LogP contribution in [0.2, 0.25) is 0 Å². The Morgan fingerprint density at radius 1 is 0.854 bits per heavy atom. The fourth-order valence-electron chi connectivity index (χ4n) is 4.30. The van der Waals surface area contributed by atoms with Crippen molar-refractivity contribution in [2.75, 3.05) is 6.54 Å². The van der Waals surface area contributed by atoms with Crippen LogP contribution in [0.4, 0.5) is 4.79 Å². The Morgan fingerprint density at radius 3 is 2.02 bits per heavy atom. The maximum atomic E-state index is 13.0. The SMILES string of the molecule is Cc1ccc(CNC(=O)Cc2ccc(COC(=O)[C@@H](CCCN=C(N)NS(=O)(=O)c3ccc(C)cc3)NC(=O)OC(C)(C)C)cc2)cc1. The molecule has 0 aromatic heterocycles. The van der Waals surface area contributed by atoms with Crippen LogP contribution in [0.5, 0.6) is 0 Å². The van der Waals surface area contributed by atoms with E-state index in [1.807, 2.05) is 38.1 Å². The third-order valence-corrected chi connectivity index (χ3v) is 8.23. The number of hydrogen-bond acceptors (Lipinski definition) is 8. The third-order valence-electron chi connectivity index (χ3n) is 6.86. The van der Waals surface area contributed by atoms with Gasteiger partial charge in [-0.2, -0.15) is 0 Å². The molecule has 5 N–H and O–H groups in total. The molecule has 1 atom stereocenters. The highest BCUT2D eigenvalue weighted by atomic mass is 32.2. The zero-order valence-electron chi connectivity index (χ0n) is 28.0. The number of carbonyl (C=O) groups excluding carboxylic acids is 3. The zero-order valence-corrected chi connectivity index (χ0v) is 28.9. The Hall–Kier alpha value is -4.91. The van der Waals surface area contributed by atoms with Gasteiger partial charge in [0.1, 0.15) is 18.2 Å². The van der Waals surface area contributed by atoms with Crippen LogP contribution < -0.4 is 21.1 Å². The molecule has 0 radical (unpaired) electrons. The van der Waals surface area contributed by atoms with Gasteiger partial charge in [-0.15, -0.1) is 0 Å². The summed E-state index contributed by atoms with van der Waals surface area (Å²) in [6.07, 6.45) is -0.198. The van der Waals surface area contributed by atoms with Gasteiger partial charge in [0.15, 0.2) is 0 Å². The van der Waals surface area contributed by atoms with Gasteiger partial charge in [-0.25, -0.2) is 22.7 Å². The summed E-state index contributed by atoms with van der Waals surface area (Å²) in [5.74, 6) is -1.10. The van der Waals surface area contributed by atoms with Crippen LogP contribution in [-0.2, 0) is 48.7 Å². The van der Waals surface area contributed by atoms with E-state index in [1.54, 1.807) is 57.2 Å². The molecule has 258 valence electrons. The molecule has 0 heterocycles. The Labute approximate surface area is 282 Å². The van der Waals surface area contributed by atoms with Gasteiger partial charge in [-0.05, 0) is 76.3 Å². The summed E-state index contributed by atoms with van der Waals surface area (Å²) in [6.45, 7) is 9.41. The first-order valence-electron chi connectivity index (χ1n) is 15.6. The van der Waals surface area contributed by atoms with Crippen molar-refractivity contribution < 1.29 is 32.3 Å². The van der Waals surface area contributed by atoms with Crippen molar-refractivity contribution in [3.63, 3.8) is 0 Å². The molecule has 48 heavy (non-hydrogen) atoms. The van der Waals surface area contributed by atoms with E-state index in [2.05, 4.69) is 20.3 Å². The van der Waals surface area contributed by atoms with Gasteiger partial charge < -0.3 is 25.8 Å². The number of aliphatic imine (C=N–C) groups is 1. The van der Waals surface area contributed by atoms with Gasteiger partial charge in [0.25, 0.3) is 10.0 Å². The van der Waals surface area contributed by atoms with E-state index in [0.717, 1.165) is 22.3 Å². The summed E-state index contributed by atoms with van der Waals surface area (Å²) in [5, 5.41) is 5.46. The number of rotatable bonds is 14. The Bertz CT molecular complexity index is 1670.